The summed E-state index contributed by atoms with van der Waals surface area (Å²) in [5.41, 5.74) is 2.45. The molecule has 166 valence electrons. The van der Waals surface area contributed by atoms with E-state index in [-0.39, 0.29) is 17.7 Å². The first-order valence-electron chi connectivity index (χ1n) is 9.81. The highest BCUT2D eigenvalue weighted by Crippen LogP contribution is 2.38. The molecule has 0 spiro atoms. The molecule has 3 rings (SSSR count). The molecule has 1 aliphatic rings. The minimum atomic E-state index is -0.397. The van der Waals surface area contributed by atoms with Crippen LogP contribution in [-0.2, 0) is 22.4 Å². The Kier molecular flexibility index (Phi) is 8.49. The van der Waals surface area contributed by atoms with Crippen molar-refractivity contribution in [2.45, 2.75) is 39.5 Å². The second kappa shape index (κ2) is 10.9. The van der Waals surface area contributed by atoms with Gasteiger partial charge in [-0.15, -0.1) is 11.3 Å². The van der Waals surface area contributed by atoms with Gasteiger partial charge in [-0.3, -0.25) is 10.1 Å². The molecule has 1 aromatic heterocycles. The molecule has 0 unspecified atom stereocenters. The number of aryl methyl sites for hydroxylation is 2. The monoisotopic (exact) mass is 588 g/mol. The predicted octanol–water partition coefficient (Wildman–Crippen LogP) is 5.53. The lowest BCUT2D eigenvalue weighted by atomic mass is 9.95. The van der Waals surface area contributed by atoms with Crippen LogP contribution >= 0.6 is 55.4 Å². The highest BCUT2D eigenvalue weighted by Gasteiger charge is 2.27. The van der Waals surface area contributed by atoms with Gasteiger partial charge in [0.25, 0.3) is 5.91 Å². The van der Waals surface area contributed by atoms with Gasteiger partial charge < -0.3 is 14.8 Å². The number of carbonyl (C=O) groups is 2. The zero-order valence-corrected chi connectivity index (χ0v) is 21.9. The van der Waals surface area contributed by atoms with Crippen LogP contribution in [0.4, 0.5) is 5.00 Å². The zero-order chi connectivity index (χ0) is 22.5. The highest BCUT2D eigenvalue weighted by molar-refractivity contribution is 9.11. The van der Waals surface area contributed by atoms with Crippen molar-refractivity contribution in [3.63, 3.8) is 0 Å². The summed E-state index contributed by atoms with van der Waals surface area (Å²) in [6, 6.07) is 3.75. The van der Waals surface area contributed by atoms with Crippen molar-refractivity contribution in [2.24, 2.45) is 0 Å². The summed E-state index contributed by atoms with van der Waals surface area (Å²) >= 11 is 13.7. The van der Waals surface area contributed by atoms with E-state index in [4.69, 9.17) is 21.7 Å². The molecular weight excluding hydrogens is 568 g/mol. The number of hydrogen-bond donors (Lipinski definition) is 2. The number of hydrogen-bond acceptors (Lipinski definition) is 6. The zero-order valence-electron chi connectivity index (χ0n) is 17.1. The van der Waals surface area contributed by atoms with Crippen molar-refractivity contribution in [1.82, 2.24) is 5.32 Å². The van der Waals surface area contributed by atoms with Crippen LogP contribution in [0, 0.1) is 6.92 Å². The summed E-state index contributed by atoms with van der Waals surface area (Å²) < 4.78 is 12.6. The number of carbonyl (C=O) groups excluding carboxylic acids is 2. The van der Waals surface area contributed by atoms with Gasteiger partial charge in [-0.25, -0.2) is 4.79 Å². The molecule has 31 heavy (non-hydrogen) atoms. The Balaban J connectivity index is 1.65. The molecule has 2 aromatic rings. The Morgan fingerprint density at radius 2 is 1.97 bits per heavy atom. The highest BCUT2D eigenvalue weighted by atomic mass is 79.9. The van der Waals surface area contributed by atoms with E-state index >= 15 is 0 Å². The van der Waals surface area contributed by atoms with Crippen molar-refractivity contribution in [3.05, 3.63) is 42.6 Å². The molecule has 1 aliphatic carbocycles. The Bertz CT molecular complexity index is 1000. The molecule has 10 heteroatoms. The van der Waals surface area contributed by atoms with Crippen molar-refractivity contribution >= 4 is 77.4 Å². The molecule has 0 saturated carbocycles. The molecule has 1 amide bonds. The molecule has 0 fully saturated rings. The van der Waals surface area contributed by atoms with Crippen LogP contribution in [0.2, 0.25) is 0 Å². The fourth-order valence-corrected chi connectivity index (χ4v) is 6.50. The smallest absolute Gasteiger partial charge is 0.341 e. The normalized spacial score (nSPS) is 12.6. The number of ether oxygens (including phenoxy) is 2. The molecule has 0 radical (unpaired) electrons. The number of fused-ring (bicyclic) bond motifs is 1. The van der Waals surface area contributed by atoms with E-state index in [2.05, 4.69) is 42.5 Å². The van der Waals surface area contributed by atoms with E-state index in [1.54, 1.807) is 6.92 Å². The Morgan fingerprint density at radius 3 is 2.68 bits per heavy atom. The topological polar surface area (TPSA) is 76.7 Å². The van der Waals surface area contributed by atoms with Crippen LogP contribution in [0.1, 0.15) is 46.1 Å². The number of amides is 1. The molecule has 0 atom stereocenters. The molecule has 0 saturated heterocycles. The SMILES string of the molecule is CCOC(=O)c1c(NC(=S)NC(=O)COc2c(C)cc(Br)cc2Br)sc2c1CCCC2. The average molecular weight is 590 g/mol. The minimum Gasteiger partial charge on any atom is -0.482 e. The quantitative estimate of drug-likeness (QED) is 0.341. The second-order valence-electron chi connectivity index (χ2n) is 6.96. The van der Waals surface area contributed by atoms with Gasteiger partial charge in [-0.2, -0.15) is 0 Å². The molecule has 1 heterocycles. The lowest BCUT2D eigenvalue weighted by Crippen LogP contribution is -2.37. The van der Waals surface area contributed by atoms with E-state index < -0.39 is 5.91 Å². The van der Waals surface area contributed by atoms with Crippen molar-refractivity contribution in [3.8, 4) is 5.75 Å². The molecule has 6 nitrogen and oxygen atoms in total. The van der Waals surface area contributed by atoms with Crippen molar-refractivity contribution in [2.75, 3.05) is 18.5 Å². The summed E-state index contributed by atoms with van der Waals surface area (Å²) in [7, 11) is 0. The number of benzene rings is 1. The standard InChI is InChI=1S/C21H22Br2N2O4S2/c1-3-28-20(27)17-13-6-4-5-7-15(13)31-19(17)25-21(30)24-16(26)10-29-18-11(2)8-12(22)9-14(18)23/h8-9H,3-7,10H2,1-2H3,(H2,24,25,26,30). The van der Waals surface area contributed by atoms with Crippen LogP contribution in [0.3, 0.4) is 0 Å². The number of thiocarbonyl (C=S) groups is 1. The van der Waals surface area contributed by atoms with Crippen LogP contribution in [-0.4, -0.2) is 30.2 Å². The van der Waals surface area contributed by atoms with Gasteiger partial charge >= 0.3 is 5.97 Å². The lowest BCUT2D eigenvalue weighted by molar-refractivity contribution is -0.121. The Hall–Kier alpha value is -1.49. The minimum absolute atomic E-state index is 0.115. The maximum absolute atomic E-state index is 12.5. The fraction of sp³-hybridized carbons (Fsp3) is 0.381. The molecule has 1 aromatic carbocycles. The van der Waals surface area contributed by atoms with Gasteiger partial charge in [-0.1, -0.05) is 15.9 Å². The van der Waals surface area contributed by atoms with Gasteiger partial charge in [0.05, 0.1) is 16.6 Å². The summed E-state index contributed by atoms with van der Waals surface area (Å²) in [6.07, 6.45) is 3.91. The van der Waals surface area contributed by atoms with Gasteiger partial charge in [0.1, 0.15) is 10.8 Å². The largest absolute Gasteiger partial charge is 0.482 e. The van der Waals surface area contributed by atoms with E-state index in [9.17, 15) is 9.59 Å². The lowest BCUT2D eigenvalue weighted by Gasteiger charge is -2.14. The third-order valence-corrected chi connectivity index (χ3v) is 7.13. The van der Waals surface area contributed by atoms with Gasteiger partial charge in [0, 0.05) is 9.35 Å². The summed E-state index contributed by atoms with van der Waals surface area (Å²) in [5.74, 6) is -0.170. The average Bonchev–Trinajstić information content (AvgIpc) is 3.04. The van der Waals surface area contributed by atoms with E-state index in [1.165, 1.54) is 16.2 Å². The van der Waals surface area contributed by atoms with Gasteiger partial charge in [0.15, 0.2) is 11.7 Å². The van der Waals surface area contributed by atoms with Gasteiger partial charge in [-0.05, 0) is 90.9 Å². The molecule has 0 aliphatic heterocycles. The summed E-state index contributed by atoms with van der Waals surface area (Å²) in [6.45, 7) is 3.77. The number of esters is 1. The third kappa shape index (κ3) is 6.06. The molecule has 2 N–H and O–H groups in total. The van der Waals surface area contributed by atoms with Crippen LogP contribution < -0.4 is 15.4 Å². The number of halogens is 2. The van der Waals surface area contributed by atoms with Crippen LogP contribution in [0.5, 0.6) is 5.75 Å². The van der Waals surface area contributed by atoms with Crippen LogP contribution in [0.15, 0.2) is 21.1 Å². The maximum Gasteiger partial charge on any atom is 0.341 e. The van der Waals surface area contributed by atoms with Crippen LogP contribution in [0.25, 0.3) is 0 Å². The van der Waals surface area contributed by atoms with E-state index in [0.29, 0.717) is 22.9 Å². The van der Waals surface area contributed by atoms with E-state index in [0.717, 1.165) is 45.8 Å². The predicted molar refractivity (Wildman–Crippen MR) is 133 cm³/mol. The first-order valence-corrected chi connectivity index (χ1v) is 12.6. The second-order valence-corrected chi connectivity index (χ2v) is 10.2. The summed E-state index contributed by atoms with van der Waals surface area (Å²) in [5, 5.41) is 6.36. The fourth-order valence-electron chi connectivity index (χ4n) is 3.38. The van der Waals surface area contributed by atoms with Crippen molar-refractivity contribution in [1.29, 1.82) is 0 Å². The number of thiophene rings is 1. The van der Waals surface area contributed by atoms with E-state index in [1.807, 2.05) is 19.1 Å². The van der Waals surface area contributed by atoms with Gasteiger partial charge in [0.2, 0.25) is 0 Å². The molecular formula is C21H22Br2N2O4S2. The Morgan fingerprint density at radius 1 is 1.23 bits per heavy atom. The number of rotatable bonds is 6. The third-order valence-electron chi connectivity index (χ3n) is 4.67. The first-order chi connectivity index (χ1) is 14.8. The van der Waals surface area contributed by atoms with Crippen molar-refractivity contribution < 1.29 is 19.1 Å². The Labute approximate surface area is 207 Å². The number of anilines is 1. The summed E-state index contributed by atoms with van der Waals surface area (Å²) in [4.78, 5) is 26.1. The maximum atomic E-state index is 12.5. The molecule has 0 bridgehead atoms. The first kappa shape index (κ1) is 24.2. The number of nitrogens with one attached hydrogen (secondary N) is 2.